The molecule has 3 rings (SSSR count). The molecule has 0 aliphatic rings. The van der Waals surface area contributed by atoms with E-state index in [2.05, 4.69) is 15.8 Å². The van der Waals surface area contributed by atoms with E-state index >= 15 is 0 Å². The highest BCUT2D eigenvalue weighted by atomic mass is 35.5. The highest BCUT2D eigenvalue weighted by molar-refractivity contribution is 6.30. The summed E-state index contributed by atoms with van der Waals surface area (Å²) in [7, 11) is 0. The van der Waals surface area contributed by atoms with Crippen molar-refractivity contribution in [2.75, 3.05) is 5.43 Å². The molecule has 0 saturated heterocycles. The van der Waals surface area contributed by atoms with Gasteiger partial charge >= 0.3 is 0 Å². The Balaban J connectivity index is 1.57. The standard InChI is InChI=1S/C18H16ClN3O2/c19-14-8-5-13(6-9-14)16(23)11-18(24)22-21-17-10-7-12-3-1-2-4-15(12)20-17/h1-10,16,23H,11H2,(H,20,21)(H,22,24). The van der Waals surface area contributed by atoms with Crippen molar-refractivity contribution in [1.29, 1.82) is 0 Å². The first kappa shape index (κ1) is 16.2. The number of aliphatic hydroxyl groups excluding tert-OH is 1. The van der Waals surface area contributed by atoms with Gasteiger partial charge in [-0.05, 0) is 35.9 Å². The average Bonchev–Trinajstić information content (AvgIpc) is 2.60. The van der Waals surface area contributed by atoms with Crippen molar-refractivity contribution >= 4 is 34.2 Å². The summed E-state index contributed by atoms with van der Waals surface area (Å²) in [6.45, 7) is 0. The molecule has 0 fully saturated rings. The Morgan fingerprint density at radius 3 is 2.62 bits per heavy atom. The van der Waals surface area contributed by atoms with Gasteiger partial charge in [-0.25, -0.2) is 4.98 Å². The number of benzene rings is 2. The normalized spacial score (nSPS) is 11.9. The molecule has 122 valence electrons. The summed E-state index contributed by atoms with van der Waals surface area (Å²) >= 11 is 5.80. The number of amides is 1. The Kier molecular flexibility index (Phi) is 4.93. The maximum atomic E-state index is 11.9. The number of halogens is 1. The van der Waals surface area contributed by atoms with Gasteiger partial charge in [-0.1, -0.05) is 41.9 Å². The Bertz CT molecular complexity index is 852. The molecule has 0 spiro atoms. The molecule has 0 aliphatic carbocycles. The van der Waals surface area contributed by atoms with Gasteiger partial charge in [0.25, 0.3) is 0 Å². The van der Waals surface area contributed by atoms with Crippen molar-refractivity contribution in [2.45, 2.75) is 12.5 Å². The number of pyridine rings is 1. The number of hydrogen-bond donors (Lipinski definition) is 3. The van der Waals surface area contributed by atoms with Gasteiger partial charge in [0.15, 0.2) is 0 Å². The van der Waals surface area contributed by atoms with Gasteiger partial charge in [-0.2, -0.15) is 0 Å². The minimum atomic E-state index is -0.895. The Morgan fingerprint density at radius 1 is 1.08 bits per heavy atom. The largest absolute Gasteiger partial charge is 0.388 e. The van der Waals surface area contributed by atoms with Crippen molar-refractivity contribution in [2.24, 2.45) is 0 Å². The van der Waals surface area contributed by atoms with E-state index in [1.165, 1.54) is 0 Å². The predicted octanol–water partition coefficient (Wildman–Crippen LogP) is 3.46. The Labute approximate surface area is 144 Å². The summed E-state index contributed by atoms with van der Waals surface area (Å²) in [5.41, 5.74) is 6.77. The summed E-state index contributed by atoms with van der Waals surface area (Å²) in [6.07, 6.45) is -0.962. The molecule has 0 radical (unpaired) electrons. The summed E-state index contributed by atoms with van der Waals surface area (Å²) in [4.78, 5) is 16.3. The molecular weight excluding hydrogens is 326 g/mol. The molecule has 0 bridgehead atoms. The van der Waals surface area contributed by atoms with Crippen molar-refractivity contribution in [1.82, 2.24) is 10.4 Å². The summed E-state index contributed by atoms with van der Waals surface area (Å²) in [6, 6.07) is 18.1. The lowest BCUT2D eigenvalue weighted by molar-refractivity contribution is -0.122. The lowest BCUT2D eigenvalue weighted by atomic mass is 10.1. The van der Waals surface area contributed by atoms with Crippen molar-refractivity contribution in [3.05, 3.63) is 71.2 Å². The number of para-hydroxylation sites is 1. The van der Waals surface area contributed by atoms with Crippen LogP contribution in [0.4, 0.5) is 5.82 Å². The van der Waals surface area contributed by atoms with Crippen LogP contribution in [0.5, 0.6) is 0 Å². The molecular formula is C18H16ClN3O2. The molecule has 1 atom stereocenters. The number of nitrogens with one attached hydrogen (secondary N) is 2. The number of carbonyl (C=O) groups excluding carboxylic acids is 1. The summed E-state index contributed by atoms with van der Waals surface area (Å²) < 4.78 is 0. The van der Waals surface area contributed by atoms with Crippen LogP contribution in [0.2, 0.25) is 5.02 Å². The lowest BCUT2D eigenvalue weighted by Gasteiger charge is -2.12. The zero-order chi connectivity index (χ0) is 16.9. The Hall–Kier alpha value is -2.63. The average molecular weight is 342 g/mol. The number of anilines is 1. The number of hydrazine groups is 1. The van der Waals surface area contributed by atoms with Gasteiger partial charge in [0.1, 0.15) is 5.82 Å². The van der Waals surface area contributed by atoms with Crippen LogP contribution < -0.4 is 10.9 Å². The molecule has 0 aliphatic heterocycles. The number of fused-ring (bicyclic) bond motifs is 1. The van der Waals surface area contributed by atoms with Crippen LogP contribution in [0.15, 0.2) is 60.7 Å². The van der Waals surface area contributed by atoms with Crippen molar-refractivity contribution < 1.29 is 9.90 Å². The molecule has 1 aromatic heterocycles. The van der Waals surface area contributed by atoms with E-state index in [4.69, 9.17) is 11.6 Å². The fraction of sp³-hybridized carbons (Fsp3) is 0.111. The van der Waals surface area contributed by atoms with E-state index in [-0.39, 0.29) is 12.3 Å². The Morgan fingerprint density at radius 2 is 1.83 bits per heavy atom. The second kappa shape index (κ2) is 7.29. The van der Waals surface area contributed by atoms with Crippen molar-refractivity contribution in [3.63, 3.8) is 0 Å². The molecule has 1 heterocycles. The smallest absolute Gasteiger partial charge is 0.241 e. The maximum absolute atomic E-state index is 11.9. The van der Waals surface area contributed by atoms with E-state index in [1.54, 1.807) is 30.3 Å². The zero-order valence-electron chi connectivity index (χ0n) is 12.7. The molecule has 1 unspecified atom stereocenters. The third kappa shape index (κ3) is 4.01. The van der Waals surface area contributed by atoms with Crippen LogP contribution in [-0.4, -0.2) is 16.0 Å². The third-order valence-electron chi connectivity index (χ3n) is 3.56. The summed E-state index contributed by atoms with van der Waals surface area (Å²) in [5, 5.41) is 11.7. The number of rotatable bonds is 5. The molecule has 3 aromatic rings. The number of hydrogen-bond acceptors (Lipinski definition) is 4. The fourth-order valence-electron chi connectivity index (χ4n) is 2.30. The quantitative estimate of drug-likeness (QED) is 0.621. The second-order valence-corrected chi connectivity index (χ2v) is 5.77. The van der Waals surface area contributed by atoms with Gasteiger partial charge < -0.3 is 5.11 Å². The maximum Gasteiger partial charge on any atom is 0.241 e. The topological polar surface area (TPSA) is 74.2 Å². The first-order valence-electron chi connectivity index (χ1n) is 7.46. The van der Waals surface area contributed by atoms with Crippen LogP contribution in [0.25, 0.3) is 10.9 Å². The minimum Gasteiger partial charge on any atom is -0.388 e. The first-order chi connectivity index (χ1) is 11.6. The van der Waals surface area contributed by atoms with E-state index in [0.29, 0.717) is 16.4 Å². The zero-order valence-corrected chi connectivity index (χ0v) is 13.5. The molecule has 3 N–H and O–H groups in total. The number of aromatic nitrogens is 1. The molecule has 5 nitrogen and oxygen atoms in total. The highest BCUT2D eigenvalue weighted by Crippen LogP contribution is 2.19. The van der Waals surface area contributed by atoms with Gasteiger partial charge in [0.05, 0.1) is 18.0 Å². The second-order valence-electron chi connectivity index (χ2n) is 5.33. The third-order valence-corrected chi connectivity index (χ3v) is 3.81. The van der Waals surface area contributed by atoms with Crippen LogP contribution in [0.3, 0.4) is 0 Å². The predicted molar refractivity (Wildman–Crippen MR) is 94.5 cm³/mol. The minimum absolute atomic E-state index is 0.0672. The van der Waals surface area contributed by atoms with E-state index in [1.807, 2.05) is 30.3 Å². The van der Waals surface area contributed by atoms with Gasteiger partial charge in [-0.3, -0.25) is 15.6 Å². The number of aliphatic hydroxyl groups is 1. The number of carbonyl (C=O) groups is 1. The van der Waals surface area contributed by atoms with Crippen LogP contribution in [-0.2, 0) is 4.79 Å². The van der Waals surface area contributed by atoms with E-state index < -0.39 is 6.10 Å². The monoisotopic (exact) mass is 341 g/mol. The van der Waals surface area contributed by atoms with Crippen LogP contribution in [0.1, 0.15) is 18.1 Å². The molecule has 24 heavy (non-hydrogen) atoms. The van der Waals surface area contributed by atoms with Gasteiger partial charge in [0, 0.05) is 10.4 Å². The SMILES string of the molecule is O=C(CC(O)c1ccc(Cl)cc1)NNc1ccc2ccccc2n1. The van der Waals surface area contributed by atoms with Crippen LogP contribution >= 0.6 is 11.6 Å². The van der Waals surface area contributed by atoms with Crippen molar-refractivity contribution in [3.8, 4) is 0 Å². The van der Waals surface area contributed by atoms with Crippen LogP contribution in [0, 0.1) is 0 Å². The van der Waals surface area contributed by atoms with E-state index in [0.717, 1.165) is 10.9 Å². The van der Waals surface area contributed by atoms with Gasteiger partial charge in [0.2, 0.25) is 5.91 Å². The highest BCUT2D eigenvalue weighted by Gasteiger charge is 2.13. The summed E-state index contributed by atoms with van der Waals surface area (Å²) in [5.74, 6) is 0.190. The first-order valence-corrected chi connectivity index (χ1v) is 7.84. The molecule has 1 amide bonds. The molecule has 0 saturated carbocycles. The fourth-order valence-corrected chi connectivity index (χ4v) is 2.42. The van der Waals surface area contributed by atoms with Gasteiger partial charge in [-0.15, -0.1) is 0 Å². The van der Waals surface area contributed by atoms with E-state index in [9.17, 15) is 9.90 Å². The lowest BCUT2D eigenvalue weighted by Crippen LogP contribution is -2.30. The molecule has 2 aromatic carbocycles. The molecule has 6 heteroatoms. The number of nitrogens with zero attached hydrogens (tertiary/aromatic N) is 1.